The van der Waals surface area contributed by atoms with Crippen LogP contribution in [0.4, 0.5) is 0 Å². The molecule has 0 unspecified atom stereocenters. The number of hydrazine groups is 1. The summed E-state index contributed by atoms with van der Waals surface area (Å²) in [5.74, 6) is 9.32. The number of hydrogen-bond acceptors (Lipinski definition) is 4. The lowest BCUT2D eigenvalue weighted by Crippen LogP contribution is -2.37. The molecule has 0 bridgehead atoms. The van der Waals surface area contributed by atoms with Crippen LogP contribution in [0.1, 0.15) is 0 Å². The number of nitrogens with one attached hydrogen (secondary N) is 1. The van der Waals surface area contributed by atoms with E-state index in [-0.39, 0.29) is 5.96 Å². The summed E-state index contributed by atoms with van der Waals surface area (Å²) in [6, 6.07) is 0. The highest BCUT2D eigenvalue weighted by molar-refractivity contribution is 6.22. The van der Waals surface area contributed by atoms with Crippen molar-refractivity contribution in [2.75, 3.05) is 0 Å². The van der Waals surface area contributed by atoms with Crippen molar-refractivity contribution in [3.8, 4) is 0 Å². The van der Waals surface area contributed by atoms with E-state index in [1.54, 1.807) is 0 Å². The lowest BCUT2D eigenvalue weighted by Gasteiger charge is -1.89. The van der Waals surface area contributed by atoms with Gasteiger partial charge >= 0.3 is 9.17 Å². The average Bonchev–Trinajstić information content (AvgIpc) is 1.85. The van der Waals surface area contributed by atoms with Crippen LogP contribution in [0.25, 0.3) is 0 Å². The molecule has 9 N–H and O–H groups in total. The topological polar surface area (TPSA) is 160 Å². The van der Waals surface area contributed by atoms with E-state index in [4.69, 9.17) is 25.6 Å². The van der Waals surface area contributed by atoms with E-state index < -0.39 is 9.17 Å². The second kappa shape index (κ2) is 7.65. The quantitative estimate of drug-likeness (QED) is 0.0704. The van der Waals surface area contributed by atoms with Gasteiger partial charge in [0.25, 0.3) is 0 Å². The fourth-order valence-corrected chi connectivity index (χ4v) is 0.0373. The van der Waals surface area contributed by atoms with E-state index in [0.29, 0.717) is 0 Å². The summed E-state index contributed by atoms with van der Waals surface area (Å²) in [4.78, 5) is 14.3. The second-order valence-corrected chi connectivity index (χ2v) is 1.51. The molecule has 0 fully saturated rings. The van der Waals surface area contributed by atoms with Gasteiger partial charge in [-0.25, -0.2) is 5.84 Å². The molecule has 60 valence electrons. The van der Waals surface area contributed by atoms with E-state index in [0.717, 1.165) is 0 Å². The molecule has 0 amide bonds. The van der Waals surface area contributed by atoms with E-state index >= 15 is 0 Å². The first-order chi connectivity index (χ1) is 4.54. The minimum absolute atomic E-state index is 0.0231. The molecular formula is CH9N5O3Si. The first-order valence-corrected chi connectivity index (χ1v) is 3.26. The molecule has 0 spiro atoms. The fourth-order valence-electron chi connectivity index (χ4n) is 0.0373. The molecule has 0 saturated carbocycles. The predicted octanol–water partition coefficient (Wildman–Crippen LogP) is -3.98. The fraction of sp³-hybridized carbons (Fsp3) is 0. The highest BCUT2D eigenvalue weighted by Gasteiger charge is 1.85. The van der Waals surface area contributed by atoms with E-state index in [2.05, 4.69) is 10.9 Å². The Morgan fingerprint density at radius 2 is 1.90 bits per heavy atom. The van der Waals surface area contributed by atoms with Gasteiger partial charge in [0.15, 0.2) is 0 Å². The summed E-state index contributed by atoms with van der Waals surface area (Å²) in [5.41, 5.74) is 6.88. The molecule has 0 aromatic rings. The van der Waals surface area contributed by atoms with E-state index in [1.807, 2.05) is 5.43 Å². The Labute approximate surface area is 58.2 Å². The van der Waals surface area contributed by atoms with Crippen LogP contribution in [0, 0.1) is 0 Å². The maximum Gasteiger partial charge on any atom is 0.761 e. The van der Waals surface area contributed by atoms with Crippen LogP contribution < -0.4 is 22.8 Å². The van der Waals surface area contributed by atoms with Crippen molar-refractivity contribution < 1.29 is 14.1 Å². The normalized spacial score (nSPS) is 9.10. The molecule has 0 rings (SSSR count). The van der Waals surface area contributed by atoms with Crippen molar-refractivity contribution in [2.24, 2.45) is 22.5 Å². The SMILES string of the molecule is NN=C(N)NN.O=[Si](O)O. The Hall–Kier alpha value is -1.35. The molecule has 0 aliphatic heterocycles. The second-order valence-electron chi connectivity index (χ2n) is 0.941. The lowest BCUT2D eigenvalue weighted by molar-refractivity contribution is 0.330. The van der Waals surface area contributed by atoms with Crippen molar-refractivity contribution in [3.05, 3.63) is 0 Å². The summed E-state index contributed by atoms with van der Waals surface area (Å²) in [7, 11) is -3.13. The van der Waals surface area contributed by atoms with Crippen LogP contribution in [0.5, 0.6) is 0 Å². The largest absolute Gasteiger partial charge is 0.761 e. The maximum atomic E-state index is 8.74. The molecule has 0 aromatic carbocycles. The number of nitrogens with two attached hydrogens (primary N) is 3. The molecule has 0 aliphatic rings. The molecule has 0 atom stereocenters. The molecule has 0 saturated heterocycles. The van der Waals surface area contributed by atoms with Crippen LogP contribution in [-0.4, -0.2) is 24.7 Å². The van der Waals surface area contributed by atoms with Gasteiger partial charge < -0.3 is 21.2 Å². The third-order valence-corrected chi connectivity index (χ3v) is 0.287. The van der Waals surface area contributed by atoms with Gasteiger partial charge in [0.1, 0.15) is 0 Å². The molecular weight excluding hydrogens is 158 g/mol. The molecule has 0 heterocycles. The zero-order valence-electron chi connectivity index (χ0n) is 4.98. The summed E-state index contributed by atoms with van der Waals surface area (Å²) in [6.45, 7) is 0. The highest BCUT2D eigenvalue weighted by Crippen LogP contribution is 1.38. The molecule has 9 heteroatoms. The van der Waals surface area contributed by atoms with Gasteiger partial charge in [-0.1, -0.05) is 0 Å². The Morgan fingerprint density at radius 1 is 1.60 bits per heavy atom. The highest BCUT2D eigenvalue weighted by atomic mass is 28.3. The zero-order chi connectivity index (χ0) is 8.57. The van der Waals surface area contributed by atoms with Crippen molar-refractivity contribution >= 4 is 15.1 Å². The number of guanidine groups is 1. The van der Waals surface area contributed by atoms with Gasteiger partial charge in [-0.3, -0.25) is 9.89 Å². The smallest absolute Gasteiger partial charge is 0.511 e. The van der Waals surface area contributed by atoms with Crippen molar-refractivity contribution in [3.63, 3.8) is 0 Å². The minimum atomic E-state index is -3.13. The van der Waals surface area contributed by atoms with E-state index in [9.17, 15) is 0 Å². The Kier molecular flexibility index (Phi) is 8.75. The molecule has 0 radical (unpaired) electrons. The van der Waals surface area contributed by atoms with Crippen molar-refractivity contribution in [1.29, 1.82) is 0 Å². The van der Waals surface area contributed by atoms with Crippen LogP contribution in [0.2, 0.25) is 0 Å². The van der Waals surface area contributed by atoms with Gasteiger partial charge in [-0.2, -0.15) is 0 Å². The van der Waals surface area contributed by atoms with Crippen molar-refractivity contribution in [1.82, 2.24) is 5.43 Å². The predicted molar refractivity (Wildman–Crippen MR) is 34.0 cm³/mol. The molecule has 8 nitrogen and oxygen atoms in total. The Balaban J connectivity index is 0. The molecule has 0 aromatic heterocycles. The summed E-state index contributed by atoms with van der Waals surface area (Å²) in [5, 5.41) is 2.97. The monoisotopic (exact) mass is 167 g/mol. The maximum absolute atomic E-state index is 8.74. The van der Waals surface area contributed by atoms with Gasteiger partial charge in [0, 0.05) is 0 Å². The average molecular weight is 167 g/mol. The van der Waals surface area contributed by atoms with Crippen LogP contribution in [-0.2, 0) is 4.46 Å². The molecule has 10 heavy (non-hydrogen) atoms. The number of rotatable bonds is 0. The van der Waals surface area contributed by atoms with Crippen LogP contribution >= 0.6 is 0 Å². The van der Waals surface area contributed by atoms with Crippen molar-refractivity contribution in [2.45, 2.75) is 0 Å². The van der Waals surface area contributed by atoms with E-state index in [1.165, 1.54) is 0 Å². The first-order valence-electron chi connectivity index (χ1n) is 1.96. The third kappa shape index (κ3) is 30.3. The lowest BCUT2D eigenvalue weighted by atomic mass is 11.1. The van der Waals surface area contributed by atoms with Crippen LogP contribution in [0.15, 0.2) is 5.10 Å². The first kappa shape index (κ1) is 11.4. The standard InChI is InChI=1S/CH7N5.H2O3Si/c2-1(5-3)6-4;1-4(2)3/h3-4H2,(H3,2,5,6);1-2H. The summed E-state index contributed by atoms with van der Waals surface area (Å²) < 4.78 is 8.74. The van der Waals surface area contributed by atoms with Crippen LogP contribution in [0.3, 0.4) is 0 Å². The van der Waals surface area contributed by atoms with Gasteiger partial charge in [-0.15, -0.1) is 5.10 Å². The number of nitrogens with zero attached hydrogens (tertiary/aromatic N) is 1. The Bertz CT molecular complexity index is 120. The van der Waals surface area contributed by atoms with Gasteiger partial charge in [0.2, 0.25) is 5.96 Å². The number of hydrazone groups is 1. The molecule has 0 aliphatic carbocycles. The summed E-state index contributed by atoms with van der Waals surface area (Å²) >= 11 is 0. The zero-order valence-corrected chi connectivity index (χ0v) is 5.98. The van der Waals surface area contributed by atoms with Gasteiger partial charge in [0.05, 0.1) is 0 Å². The van der Waals surface area contributed by atoms with Gasteiger partial charge in [-0.05, 0) is 0 Å². The third-order valence-electron chi connectivity index (χ3n) is 0.287. The minimum Gasteiger partial charge on any atom is -0.511 e. The number of hydrogen-bond donors (Lipinski definition) is 6. The Morgan fingerprint density at radius 3 is 1.90 bits per heavy atom. The summed E-state index contributed by atoms with van der Waals surface area (Å²) in [6.07, 6.45) is 0.